The number of fused-ring (bicyclic) bond motifs is 3. The van der Waals surface area contributed by atoms with Crippen LogP contribution in [0.25, 0.3) is 0 Å². The van der Waals surface area contributed by atoms with E-state index in [0.29, 0.717) is 66.6 Å². The molecule has 3 saturated carbocycles. The molecule has 3 unspecified atom stereocenters. The number of alkyl carbamates (subject to hydrolysis) is 3. The Morgan fingerprint density at radius 1 is 0.374 bits per heavy atom. The van der Waals surface area contributed by atoms with Gasteiger partial charge in [0.15, 0.2) is 0 Å². The summed E-state index contributed by atoms with van der Waals surface area (Å²) in [6.45, 7) is 20.9. The summed E-state index contributed by atoms with van der Waals surface area (Å²) in [7, 11) is 0. The molecule has 3 fully saturated rings. The van der Waals surface area contributed by atoms with E-state index in [1.165, 1.54) is 19.3 Å². The van der Waals surface area contributed by atoms with Crippen molar-refractivity contribution in [3.05, 3.63) is 285 Å². The minimum Gasteiger partial charge on any atom is -0.471 e. The minimum absolute atomic E-state index is 0.0231. The van der Waals surface area contributed by atoms with Gasteiger partial charge in [-0.3, -0.25) is 28.8 Å². The number of halogens is 1. The number of nitrogens with one attached hydrogen (secondary N) is 3. The summed E-state index contributed by atoms with van der Waals surface area (Å²) in [4.78, 5) is 133. The third-order valence-electron chi connectivity index (χ3n) is 25.5. The van der Waals surface area contributed by atoms with Crippen molar-refractivity contribution >= 4 is 86.7 Å². The first-order chi connectivity index (χ1) is 63.1. The highest BCUT2D eigenvalue weighted by atomic mass is 79.9. The Labute approximate surface area is 778 Å². The van der Waals surface area contributed by atoms with Gasteiger partial charge in [0.05, 0.1) is 22.6 Å². The lowest BCUT2D eigenvalue weighted by Crippen LogP contribution is -2.54. The highest BCUT2D eigenvalue weighted by Gasteiger charge is 2.50. The Morgan fingerprint density at radius 2 is 0.664 bits per heavy atom. The fourth-order valence-electron chi connectivity index (χ4n) is 18.6. The Bertz CT molecular complexity index is 5200. The standard InChI is InChI=1S/C36H43N3O5.C35H40BrN3O5.C35H41N3O5/c1-25(2)39(29-18-12-7-13-19-29)33(40)30-23-31-32(22-26(30)3)44-36(4,28-16-10-6-11-17-28)34(41)38(31)21-20-37-35(42)43-24-27-14-8-5-9-15-27;1-24(2)39(27-17-11-6-12-18-27)32(40)28-21-30-31(22-29(28)36)44-35(3,26-15-9-5-10-16-26)33(41)38(30)20-19-37-34(42)43-23-25-13-7-4-8-14-25;1-25(2)38(29-17-11-6-12-18-29)32(39)27-19-20-31-30(23-27)37(33(40)35(3,43-31)28-15-9-5-10-16-28)22-21-36-34(41)42-24-26-13-7-4-8-14-26/h5-6,8-11,14-17,22-23,25,29H,7,12-13,18-21,24H2,1-4H3,(H,37,42);4-5,7-10,13-16,21-22,24,27H,6,11-12,17-20,23H2,1-3H3,(H,37,42);4-5,7-10,13-16,19-20,23,25,29H,6,11-12,17-18,21-22,24H2,1-3H3,(H,36,41). The second-order valence-electron chi connectivity index (χ2n) is 35.8. The predicted molar refractivity (Wildman–Crippen MR) is 511 cm³/mol. The maximum atomic E-state index is 14.2. The molecule has 3 atom stereocenters. The monoisotopic (exact) mass is 1840 g/mol. The smallest absolute Gasteiger partial charge is 0.407 e. The number of nitrogens with zero attached hydrogens (tertiary/aromatic N) is 6. The van der Waals surface area contributed by atoms with Crippen LogP contribution in [0.5, 0.6) is 17.2 Å². The van der Waals surface area contributed by atoms with Crippen LogP contribution in [0, 0.1) is 6.92 Å². The molecule has 9 amide bonds. The van der Waals surface area contributed by atoms with Crippen LogP contribution in [-0.2, 0) is 65.2 Å². The molecule has 0 spiro atoms. The SMILES string of the molecule is CC(C)N(C(=O)c1cc2c(cc1Br)OC(C)(c1ccccc1)C(=O)N2CCNC(=O)OCc1ccccc1)C1CCCCC1.CC(C)N(C(=O)c1ccc2c(c1)N(CCNC(=O)OCc1ccccc1)C(=O)C(C)(c1ccccc1)O2)C1CCCCC1.Cc1cc2c(cc1C(=O)N(C(C)C)C1CCCCC1)N(CCNC(=O)OCc1ccccc1)C(=O)C(C)(c1ccccc1)O2. The maximum Gasteiger partial charge on any atom is 0.407 e. The van der Waals surface area contributed by atoms with Crippen molar-refractivity contribution in [2.75, 3.05) is 54.0 Å². The van der Waals surface area contributed by atoms with Gasteiger partial charge in [0.25, 0.3) is 35.4 Å². The van der Waals surface area contributed by atoms with Crippen molar-refractivity contribution in [2.24, 2.45) is 0 Å². The topological polar surface area (TPSA) is 265 Å². The number of rotatable bonds is 27. The highest BCUT2D eigenvalue weighted by molar-refractivity contribution is 9.10. The second-order valence-corrected chi connectivity index (χ2v) is 36.6. The number of ether oxygens (including phenoxy) is 6. The molecule has 9 aromatic rings. The van der Waals surface area contributed by atoms with Gasteiger partial charge in [0.2, 0.25) is 16.8 Å². The number of hydrogen-bond donors (Lipinski definition) is 3. The van der Waals surface area contributed by atoms with Crippen LogP contribution in [-0.4, -0.2) is 144 Å². The van der Waals surface area contributed by atoms with E-state index in [1.807, 2.05) is 224 Å². The molecule has 3 N–H and O–H groups in total. The fourth-order valence-corrected chi connectivity index (χ4v) is 19.1. The van der Waals surface area contributed by atoms with E-state index in [-0.39, 0.29) is 131 Å². The quantitative estimate of drug-likeness (QED) is 0.0404. The van der Waals surface area contributed by atoms with Crippen molar-refractivity contribution in [1.82, 2.24) is 30.7 Å². The molecule has 0 bridgehead atoms. The van der Waals surface area contributed by atoms with Gasteiger partial charge in [-0.1, -0.05) is 240 Å². The molecule has 0 saturated heterocycles. The first-order valence-electron chi connectivity index (χ1n) is 46.3. The molecule has 24 nitrogen and oxygen atoms in total. The Kier molecular flexibility index (Phi) is 32.6. The van der Waals surface area contributed by atoms with Crippen LogP contribution < -0.4 is 44.9 Å². The lowest BCUT2D eigenvalue weighted by molar-refractivity contribution is -0.135. The maximum absolute atomic E-state index is 14.2. The van der Waals surface area contributed by atoms with Crippen molar-refractivity contribution in [2.45, 2.75) is 238 Å². The number of anilines is 3. The minimum atomic E-state index is -1.31. The van der Waals surface area contributed by atoms with Crippen LogP contribution in [0.4, 0.5) is 31.4 Å². The van der Waals surface area contributed by atoms with E-state index in [9.17, 15) is 43.2 Å². The van der Waals surface area contributed by atoms with Crippen LogP contribution in [0.15, 0.2) is 229 Å². The van der Waals surface area contributed by atoms with E-state index in [0.717, 1.165) is 105 Å². The molecule has 15 rings (SSSR count). The molecule has 0 aromatic heterocycles. The Morgan fingerprint density at radius 3 is 1.00 bits per heavy atom. The van der Waals surface area contributed by atoms with Crippen LogP contribution in [0.2, 0.25) is 0 Å². The molecule has 3 aliphatic heterocycles. The molecule has 0 radical (unpaired) electrons. The zero-order valence-corrected chi connectivity index (χ0v) is 78.6. The average molecular weight is 1840 g/mol. The normalized spacial score (nSPS) is 18.4. The van der Waals surface area contributed by atoms with Gasteiger partial charge in [0, 0.05) is 108 Å². The molecule has 131 heavy (non-hydrogen) atoms. The van der Waals surface area contributed by atoms with Gasteiger partial charge in [-0.15, -0.1) is 0 Å². The molecule has 6 aliphatic rings. The number of carbonyl (C=O) groups is 9. The Hall–Kier alpha value is -12.5. The largest absolute Gasteiger partial charge is 0.471 e. The highest BCUT2D eigenvalue weighted by Crippen LogP contribution is 2.48. The van der Waals surface area contributed by atoms with E-state index in [2.05, 4.69) is 59.6 Å². The summed E-state index contributed by atoms with van der Waals surface area (Å²) in [6, 6.07) is 69.6. The summed E-state index contributed by atoms with van der Waals surface area (Å²) in [5.74, 6) is 0.509. The lowest BCUT2D eigenvalue weighted by Gasteiger charge is -2.42. The van der Waals surface area contributed by atoms with Crippen molar-refractivity contribution < 1.29 is 71.6 Å². The molecule has 25 heteroatoms. The zero-order valence-electron chi connectivity index (χ0n) is 77.0. The van der Waals surface area contributed by atoms with Crippen molar-refractivity contribution in [1.29, 1.82) is 0 Å². The van der Waals surface area contributed by atoms with E-state index in [1.54, 1.807) is 71.9 Å². The van der Waals surface area contributed by atoms with Crippen LogP contribution in [0.3, 0.4) is 0 Å². The van der Waals surface area contributed by atoms with Crippen LogP contribution in [0.1, 0.15) is 229 Å². The molecule has 3 aliphatic carbocycles. The summed E-state index contributed by atoms with van der Waals surface area (Å²) in [5, 5.41) is 8.30. The second kappa shape index (κ2) is 44.4. The number of aryl methyl sites for hydroxylation is 1. The first kappa shape index (κ1) is 96.1. The number of benzene rings is 9. The third kappa shape index (κ3) is 23.1. The average Bonchev–Trinajstić information content (AvgIpc) is 0.748. The van der Waals surface area contributed by atoms with E-state index in [4.69, 9.17) is 28.4 Å². The molecular formula is C106H124BrN9O15. The van der Waals surface area contributed by atoms with Gasteiger partial charge >= 0.3 is 18.3 Å². The van der Waals surface area contributed by atoms with Gasteiger partial charge in [0.1, 0.15) is 37.1 Å². The lowest BCUT2D eigenvalue weighted by atomic mass is 9.90. The van der Waals surface area contributed by atoms with Gasteiger partial charge < -0.3 is 73.8 Å². The van der Waals surface area contributed by atoms with Gasteiger partial charge in [-0.25, -0.2) is 14.4 Å². The third-order valence-corrected chi connectivity index (χ3v) is 26.2. The molecular weight excluding hydrogens is 1720 g/mol. The van der Waals surface area contributed by atoms with Crippen LogP contribution >= 0.6 is 15.9 Å². The number of hydrogen-bond acceptors (Lipinski definition) is 15. The van der Waals surface area contributed by atoms with E-state index >= 15 is 0 Å². The fraction of sp³-hybridized carbons (Fsp3) is 0.406. The Balaban J connectivity index is 0.000000167. The summed E-state index contributed by atoms with van der Waals surface area (Å²) in [5.41, 5.74) is 4.77. The predicted octanol–water partition coefficient (Wildman–Crippen LogP) is 20.4. The molecule has 3 heterocycles. The molecule has 9 aromatic carbocycles. The van der Waals surface area contributed by atoms with Crippen molar-refractivity contribution in [3.8, 4) is 17.2 Å². The summed E-state index contributed by atoms with van der Waals surface area (Å²) < 4.78 is 36.0. The van der Waals surface area contributed by atoms with E-state index < -0.39 is 35.1 Å². The first-order valence-corrected chi connectivity index (χ1v) is 47.1. The zero-order chi connectivity index (χ0) is 92.9. The summed E-state index contributed by atoms with van der Waals surface area (Å²) in [6.07, 6.45) is 14.6. The molecule has 690 valence electrons. The van der Waals surface area contributed by atoms with Crippen molar-refractivity contribution in [3.63, 3.8) is 0 Å². The van der Waals surface area contributed by atoms with Gasteiger partial charge in [-0.2, -0.15) is 0 Å². The number of amides is 9. The summed E-state index contributed by atoms with van der Waals surface area (Å²) >= 11 is 3.65. The van der Waals surface area contributed by atoms with Gasteiger partial charge in [-0.05, 0) is 188 Å². The number of carbonyl (C=O) groups excluding carboxylic acids is 9.